The number of hydrogen-bond acceptors (Lipinski definition) is 1. The number of aryl methyl sites for hydroxylation is 2. The molecule has 0 aliphatic rings. The lowest BCUT2D eigenvalue weighted by Crippen LogP contribution is -2.19. The van der Waals surface area contributed by atoms with Gasteiger partial charge in [0.2, 0.25) is 0 Å². The second-order valence-corrected chi connectivity index (χ2v) is 6.72. The van der Waals surface area contributed by atoms with Gasteiger partial charge in [0.05, 0.1) is 6.04 Å². The van der Waals surface area contributed by atoms with E-state index < -0.39 is 0 Å². The highest BCUT2D eigenvalue weighted by molar-refractivity contribution is 14.1. The van der Waals surface area contributed by atoms with E-state index in [9.17, 15) is 0 Å². The summed E-state index contributed by atoms with van der Waals surface area (Å²) in [6.07, 6.45) is 2.16. The fourth-order valence-electron chi connectivity index (χ4n) is 2.74. The van der Waals surface area contributed by atoms with Crippen molar-refractivity contribution in [3.8, 4) is 0 Å². The molecule has 2 aromatic rings. The lowest BCUT2D eigenvalue weighted by molar-refractivity contribution is 0.687. The third-order valence-electron chi connectivity index (χ3n) is 3.88. The quantitative estimate of drug-likeness (QED) is 0.649. The molecule has 2 rings (SSSR count). The maximum absolute atomic E-state index is 6.18. The Morgan fingerprint density at radius 2 is 1.76 bits per heavy atom. The first-order valence-electron chi connectivity index (χ1n) is 7.34. The minimum atomic E-state index is 0.173. The average molecular weight is 414 g/mol. The van der Waals surface area contributed by atoms with E-state index in [1.807, 2.05) is 13.1 Å². The summed E-state index contributed by atoms with van der Waals surface area (Å²) >= 11 is 8.56. The Labute approximate surface area is 146 Å². The molecule has 0 heterocycles. The number of halogens is 2. The van der Waals surface area contributed by atoms with E-state index in [1.165, 1.54) is 25.8 Å². The maximum atomic E-state index is 6.18. The minimum Gasteiger partial charge on any atom is -0.309 e. The molecule has 0 aliphatic carbocycles. The second kappa shape index (κ2) is 7.61. The van der Waals surface area contributed by atoms with Crippen molar-refractivity contribution >= 4 is 34.2 Å². The van der Waals surface area contributed by atoms with Crippen LogP contribution in [0.25, 0.3) is 0 Å². The maximum Gasteiger partial charge on any atom is 0.0585 e. The van der Waals surface area contributed by atoms with E-state index in [-0.39, 0.29) is 6.04 Å². The molecular formula is C18H21ClIN. The van der Waals surface area contributed by atoms with Crippen molar-refractivity contribution < 1.29 is 0 Å². The summed E-state index contributed by atoms with van der Waals surface area (Å²) in [4.78, 5) is 0. The first-order chi connectivity index (χ1) is 10.1. The summed E-state index contributed by atoms with van der Waals surface area (Å²) < 4.78 is 1.23. The van der Waals surface area contributed by atoms with Crippen LogP contribution in [0.3, 0.4) is 0 Å². The smallest absolute Gasteiger partial charge is 0.0585 e. The molecule has 1 nitrogen and oxygen atoms in total. The van der Waals surface area contributed by atoms with Crippen molar-refractivity contribution in [1.82, 2.24) is 5.32 Å². The summed E-state index contributed by atoms with van der Waals surface area (Å²) in [6, 6.07) is 13.1. The van der Waals surface area contributed by atoms with Gasteiger partial charge in [0.25, 0.3) is 0 Å². The molecule has 0 bridgehead atoms. The van der Waals surface area contributed by atoms with Gasteiger partial charge in [0.15, 0.2) is 0 Å². The zero-order chi connectivity index (χ0) is 15.4. The van der Waals surface area contributed by atoms with Crippen LogP contribution in [0.2, 0.25) is 5.02 Å². The largest absolute Gasteiger partial charge is 0.309 e. The molecule has 0 aliphatic heterocycles. The van der Waals surface area contributed by atoms with E-state index in [0.717, 1.165) is 17.9 Å². The van der Waals surface area contributed by atoms with Crippen LogP contribution in [0.5, 0.6) is 0 Å². The molecule has 112 valence electrons. The Morgan fingerprint density at radius 1 is 1.05 bits per heavy atom. The van der Waals surface area contributed by atoms with Crippen molar-refractivity contribution in [2.24, 2.45) is 0 Å². The Hall–Kier alpha value is -0.580. The van der Waals surface area contributed by atoms with Gasteiger partial charge in [-0.25, -0.2) is 0 Å². The van der Waals surface area contributed by atoms with E-state index in [0.29, 0.717) is 0 Å². The molecule has 2 aromatic carbocycles. The fraction of sp³-hybridized carbons (Fsp3) is 0.333. The molecule has 0 fully saturated rings. The van der Waals surface area contributed by atoms with E-state index in [1.54, 1.807) is 0 Å². The highest BCUT2D eigenvalue weighted by Crippen LogP contribution is 2.29. The summed E-state index contributed by atoms with van der Waals surface area (Å²) in [7, 11) is 2.00. The summed E-state index contributed by atoms with van der Waals surface area (Å²) in [5.41, 5.74) is 5.41. The van der Waals surface area contributed by atoms with Crippen molar-refractivity contribution in [3.05, 3.63) is 67.2 Å². The van der Waals surface area contributed by atoms with Crippen LogP contribution in [0.15, 0.2) is 36.4 Å². The van der Waals surface area contributed by atoms with E-state index in [2.05, 4.69) is 72.1 Å². The molecule has 0 aromatic heterocycles. The number of nitrogens with one attached hydrogen (secondary N) is 1. The van der Waals surface area contributed by atoms with Crippen LogP contribution in [-0.4, -0.2) is 7.05 Å². The number of hydrogen-bond donors (Lipinski definition) is 1. The molecule has 1 N–H and O–H groups in total. The highest BCUT2D eigenvalue weighted by Gasteiger charge is 2.16. The predicted octanol–water partition coefficient (Wildman–Crippen LogP) is 5.38. The Balaban J connectivity index is 2.48. The van der Waals surface area contributed by atoms with Crippen LogP contribution in [0, 0.1) is 3.57 Å². The Bertz CT molecular complexity index is 625. The molecular weight excluding hydrogens is 393 g/mol. The summed E-state index contributed by atoms with van der Waals surface area (Å²) in [5, 5.41) is 4.21. The normalized spacial score (nSPS) is 12.4. The molecule has 1 atom stereocenters. The summed E-state index contributed by atoms with van der Waals surface area (Å²) in [5.74, 6) is 0. The SMILES string of the molecule is CCc1ccc(C(NC)c2cc(Cl)ccc2I)cc1CC. The molecule has 0 saturated heterocycles. The van der Waals surface area contributed by atoms with Gasteiger partial charge in [-0.1, -0.05) is 43.6 Å². The lowest BCUT2D eigenvalue weighted by atomic mass is 9.93. The van der Waals surface area contributed by atoms with Gasteiger partial charge in [0.1, 0.15) is 0 Å². The minimum absolute atomic E-state index is 0.173. The second-order valence-electron chi connectivity index (χ2n) is 5.12. The number of benzene rings is 2. The van der Waals surface area contributed by atoms with Crippen LogP contribution in [-0.2, 0) is 12.8 Å². The number of rotatable bonds is 5. The zero-order valence-electron chi connectivity index (χ0n) is 12.7. The summed E-state index contributed by atoms with van der Waals surface area (Å²) in [6.45, 7) is 4.43. The third-order valence-corrected chi connectivity index (χ3v) is 5.10. The predicted molar refractivity (Wildman–Crippen MR) is 100 cm³/mol. The molecule has 0 saturated carbocycles. The van der Waals surface area contributed by atoms with E-state index in [4.69, 9.17) is 11.6 Å². The van der Waals surface area contributed by atoms with Crippen molar-refractivity contribution in [3.63, 3.8) is 0 Å². The van der Waals surface area contributed by atoms with Crippen LogP contribution >= 0.6 is 34.2 Å². The van der Waals surface area contributed by atoms with Crippen molar-refractivity contribution in [2.45, 2.75) is 32.7 Å². The topological polar surface area (TPSA) is 12.0 Å². The Morgan fingerprint density at radius 3 is 2.38 bits per heavy atom. The first-order valence-corrected chi connectivity index (χ1v) is 8.80. The average Bonchev–Trinajstić information content (AvgIpc) is 2.51. The lowest BCUT2D eigenvalue weighted by Gasteiger charge is -2.21. The molecule has 0 radical (unpaired) electrons. The van der Waals surface area contributed by atoms with Gasteiger partial charge in [-0.3, -0.25) is 0 Å². The molecule has 21 heavy (non-hydrogen) atoms. The van der Waals surface area contributed by atoms with Crippen molar-refractivity contribution in [1.29, 1.82) is 0 Å². The van der Waals surface area contributed by atoms with Crippen LogP contribution < -0.4 is 5.32 Å². The first kappa shape index (κ1) is 16.8. The van der Waals surface area contributed by atoms with Gasteiger partial charge in [-0.05, 0) is 82.9 Å². The van der Waals surface area contributed by atoms with Crippen LogP contribution in [0.1, 0.15) is 42.1 Å². The standard InChI is InChI=1S/C18H21ClIN/c1-4-12-6-7-14(10-13(12)5-2)18(21-3)16-11-15(19)8-9-17(16)20/h6-11,18,21H,4-5H2,1-3H3. The van der Waals surface area contributed by atoms with Gasteiger partial charge in [-0.15, -0.1) is 0 Å². The van der Waals surface area contributed by atoms with Crippen LogP contribution in [0.4, 0.5) is 0 Å². The van der Waals surface area contributed by atoms with Gasteiger partial charge < -0.3 is 5.32 Å². The van der Waals surface area contributed by atoms with Gasteiger partial charge in [0, 0.05) is 8.59 Å². The third kappa shape index (κ3) is 3.79. The van der Waals surface area contributed by atoms with Crippen molar-refractivity contribution in [2.75, 3.05) is 7.05 Å². The zero-order valence-corrected chi connectivity index (χ0v) is 15.6. The van der Waals surface area contributed by atoms with E-state index >= 15 is 0 Å². The molecule has 3 heteroatoms. The fourth-order valence-corrected chi connectivity index (χ4v) is 3.56. The molecule has 1 unspecified atom stereocenters. The van der Waals surface area contributed by atoms with Gasteiger partial charge >= 0.3 is 0 Å². The molecule has 0 amide bonds. The molecule has 0 spiro atoms. The highest BCUT2D eigenvalue weighted by atomic mass is 127. The monoisotopic (exact) mass is 413 g/mol. The Kier molecular flexibility index (Phi) is 6.08. The van der Waals surface area contributed by atoms with Gasteiger partial charge in [-0.2, -0.15) is 0 Å².